The Hall–Kier alpha value is -0.760. The third-order valence-electron chi connectivity index (χ3n) is 4.28. The standard InChI is InChI=1S/C18H27NS/c1-10(2)15-8-12(5)19-18-13(6)14(7)20-9-16(11(3)4)17(15)18/h8-11,13-14H,1-7H3/t13-,14+/m1/s1. The molecule has 110 valence electrons. The van der Waals surface area contributed by atoms with Gasteiger partial charge in [0, 0.05) is 22.4 Å². The Morgan fingerprint density at radius 2 is 1.75 bits per heavy atom. The molecule has 1 aliphatic rings. The van der Waals surface area contributed by atoms with Crippen LogP contribution in [0.1, 0.15) is 75.9 Å². The number of allylic oxidation sites excluding steroid dienone is 1. The summed E-state index contributed by atoms with van der Waals surface area (Å²) in [6.45, 7) is 15.9. The van der Waals surface area contributed by atoms with Gasteiger partial charge in [0.1, 0.15) is 0 Å². The zero-order chi connectivity index (χ0) is 15.0. The quantitative estimate of drug-likeness (QED) is 0.687. The molecule has 2 atom stereocenters. The summed E-state index contributed by atoms with van der Waals surface area (Å²) in [5.74, 6) is 1.58. The molecule has 0 saturated carbocycles. The zero-order valence-corrected chi connectivity index (χ0v) is 14.6. The van der Waals surface area contributed by atoms with Crippen LogP contribution in [0.15, 0.2) is 11.5 Å². The largest absolute Gasteiger partial charge is 0.257 e. The molecule has 0 N–H and O–H groups in total. The van der Waals surface area contributed by atoms with Crippen LogP contribution in [0.2, 0.25) is 0 Å². The molecular formula is C18H27NS. The lowest BCUT2D eigenvalue weighted by molar-refractivity contribution is 0.709. The first-order valence-electron chi connectivity index (χ1n) is 7.70. The van der Waals surface area contributed by atoms with Gasteiger partial charge in [-0.1, -0.05) is 41.5 Å². The number of nitrogens with zero attached hydrogens (tertiary/aromatic N) is 1. The number of hydrogen-bond acceptors (Lipinski definition) is 2. The fourth-order valence-corrected chi connectivity index (χ4v) is 3.94. The summed E-state index contributed by atoms with van der Waals surface area (Å²) in [5.41, 5.74) is 6.84. The fourth-order valence-electron chi connectivity index (χ4n) is 2.83. The number of fused-ring (bicyclic) bond motifs is 1. The van der Waals surface area contributed by atoms with Crippen LogP contribution in [-0.4, -0.2) is 10.2 Å². The van der Waals surface area contributed by atoms with E-state index in [2.05, 4.69) is 59.9 Å². The number of aromatic nitrogens is 1. The highest BCUT2D eigenvalue weighted by Gasteiger charge is 2.28. The maximum atomic E-state index is 4.93. The molecule has 1 aromatic rings. The van der Waals surface area contributed by atoms with Crippen LogP contribution in [0.4, 0.5) is 0 Å². The SMILES string of the molecule is Cc1cc(C(C)C)c2c(n1)[C@H](C)[C@H](C)SC=C2C(C)C. The smallest absolute Gasteiger partial charge is 0.0524 e. The van der Waals surface area contributed by atoms with Crippen LogP contribution in [0, 0.1) is 12.8 Å². The molecule has 2 rings (SSSR count). The molecule has 0 saturated heterocycles. The van der Waals surface area contributed by atoms with E-state index >= 15 is 0 Å². The highest BCUT2D eigenvalue weighted by Crippen LogP contribution is 2.43. The van der Waals surface area contributed by atoms with Crippen molar-refractivity contribution in [2.24, 2.45) is 5.92 Å². The van der Waals surface area contributed by atoms with Gasteiger partial charge in [-0.15, -0.1) is 11.8 Å². The van der Waals surface area contributed by atoms with Crippen LogP contribution in [-0.2, 0) is 0 Å². The van der Waals surface area contributed by atoms with E-state index in [1.165, 1.54) is 22.4 Å². The first kappa shape index (κ1) is 15.6. The molecule has 0 unspecified atom stereocenters. The van der Waals surface area contributed by atoms with Crippen molar-refractivity contribution >= 4 is 17.3 Å². The number of aryl methyl sites for hydroxylation is 1. The molecule has 0 radical (unpaired) electrons. The number of rotatable bonds is 2. The Kier molecular flexibility index (Phi) is 4.63. The van der Waals surface area contributed by atoms with Crippen LogP contribution in [0.3, 0.4) is 0 Å². The van der Waals surface area contributed by atoms with Gasteiger partial charge < -0.3 is 0 Å². The highest BCUT2D eigenvalue weighted by molar-refractivity contribution is 8.02. The topological polar surface area (TPSA) is 12.9 Å². The molecule has 0 fully saturated rings. The lowest BCUT2D eigenvalue weighted by atomic mass is 9.83. The van der Waals surface area contributed by atoms with Gasteiger partial charge in [0.2, 0.25) is 0 Å². The molecule has 0 spiro atoms. The molecule has 1 nitrogen and oxygen atoms in total. The van der Waals surface area contributed by atoms with Gasteiger partial charge in [0.25, 0.3) is 0 Å². The number of hydrogen-bond donors (Lipinski definition) is 0. The predicted molar refractivity (Wildman–Crippen MR) is 91.3 cm³/mol. The summed E-state index contributed by atoms with van der Waals surface area (Å²) < 4.78 is 0. The Bertz CT molecular complexity index is 528. The first-order chi connectivity index (χ1) is 9.32. The third-order valence-corrected chi connectivity index (χ3v) is 5.51. The highest BCUT2D eigenvalue weighted by atomic mass is 32.2. The normalized spacial score (nSPS) is 22.8. The van der Waals surface area contributed by atoms with E-state index in [1.807, 2.05) is 11.8 Å². The van der Waals surface area contributed by atoms with Crippen LogP contribution in [0.5, 0.6) is 0 Å². The van der Waals surface area contributed by atoms with Crippen molar-refractivity contribution in [1.82, 2.24) is 4.98 Å². The molecule has 1 aromatic heterocycles. The summed E-state index contributed by atoms with van der Waals surface area (Å²) in [5, 5.41) is 2.97. The number of thioether (sulfide) groups is 1. The van der Waals surface area contributed by atoms with Crippen molar-refractivity contribution < 1.29 is 0 Å². The van der Waals surface area contributed by atoms with E-state index in [-0.39, 0.29) is 0 Å². The van der Waals surface area contributed by atoms with Crippen molar-refractivity contribution in [3.8, 4) is 0 Å². The molecule has 0 aromatic carbocycles. The summed E-state index contributed by atoms with van der Waals surface area (Å²) in [7, 11) is 0. The van der Waals surface area contributed by atoms with E-state index < -0.39 is 0 Å². The van der Waals surface area contributed by atoms with Gasteiger partial charge in [-0.2, -0.15) is 0 Å². The van der Waals surface area contributed by atoms with Gasteiger partial charge in [0.05, 0.1) is 5.69 Å². The number of pyridine rings is 1. The van der Waals surface area contributed by atoms with Crippen LogP contribution < -0.4 is 0 Å². The minimum absolute atomic E-state index is 0.500. The van der Waals surface area contributed by atoms with E-state index in [1.54, 1.807) is 0 Å². The van der Waals surface area contributed by atoms with Crippen molar-refractivity contribution in [3.63, 3.8) is 0 Å². The average molecular weight is 289 g/mol. The molecular weight excluding hydrogens is 262 g/mol. The maximum absolute atomic E-state index is 4.93. The van der Waals surface area contributed by atoms with Gasteiger partial charge in [-0.25, -0.2) is 0 Å². The lowest BCUT2D eigenvalue weighted by Crippen LogP contribution is -2.14. The lowest BCUT2D eigenvalue weighted by Gasteiger charge is -2.24. The van der Waals surface area contributed by atoms with Crippen molar-refractivity contribution in [2.45, 2.75) is 65.6 Å². The van der Waals surface area contributed by atoms with Gasteiger partial charge in [0.15, 0.2) is 0 Å². The molecule has 2 heterocycles. The molecule has 0 amide bonds. The summed E-state index contributed by atoms with van der Waals surface area (Å²) in [4.78, 5) is 4.93. The summed E-state index contributed by atoms with van der Waals surface area (Å²) in [6, 6.07) is 2.28. The second-order valence-corrected chi connectivity index (χ2v) is 7.88. The minimum atomic E-state index is 0.500. The Balaban J connectivity index is 2.76. The maximum Gasteiger partial charge on any atom is 0.0524 e. The molecule has 0 bridgehead atoms. The van der Waals surface area contributed by atoms with Crippen molar-refractivity contribution in [2.75, 3.05) is 0 Å². The molecule has 20 heavy (non-hydrogen) atoms. The van der Waals surface area contributed by atoms with Gasteiger partial charge >= 0.3 is 0 Å². The van der Waals surface area contributed by atoms with E-state index in [9.17, 15) is 0 Å². The minimum Gasteiger partial charge on any atom is -0.257 e. The van der Waals surface area contributed by atoms with Crippen molar-refractivity contribution in [3.05, 3.63) is 34.0 Å². The fraction of sp³-hybridized carbons (Fsp3) is 0.611. The van der Waals surface area contributed by atoms with E-state index in [4.69, 9.17) is 4.98 Å². The third kappa shape index (κ3) is 2.81. The Labute approximate surface area is 128 Å². The van der Waals surface area contributed by atoms with Crippen LogP contribution in [0.25, 0.3) is 5.57 Å². The van der Waals surface area contributed by atoms with Crippen molar-refractivity contribution in [1.29, 1.82) is 0 Å². The van der Waals surface area contributed by atoms with Gasteiger partial charge in [-0.05, 0) is 41.4 Å². The van der Waals surface area contributed by atoms with E-state index in [0.29, 0.717) is 23.0 Å². The second kappa shape index (κ2) is 5.93. The molecule has 0 aliphatic carbocycles. The van der Waals surface area contributed by atoms with Gasteiger partial charge in [-0.3, -0.25) is 4.98 Å². The Morgan fingerprint density at radius 3 is 2.30 bits per heavy atom. The average Bonchev–Trinajstić information content (AvgIpc) is 2.48. The summed E-state index contributed by atoms with van der Waals surface area (Å²) in [6.07, 6.45) is 0. The van der Waals surface area contributed by atoms with Crippen LogP contribution >= 0.6 is 11.8 Å². The Morgan fingerprint density at radius 1 is 1.10 bits per heavy atom. The first-order valence-corrected chi connectivity index (χ1v) is 8.64. The molecule has 1 aliphatic heterocycles. The second-order valence-electron chi connectivity index (χ2n) is 6.63. The monoisotopic (exact) mass is 289 g/mol. The molecule has 2 heteroatoms. The summed E-state index contributed by atoms with van der Waals surface area (Å²) >= 11 is 1.96. The predicted octanol–water partition coefficient (Wildman–Crippen LogP) is 5.75. The van der Waals surface area contributed by atoms with E-state index in [0.717, 1.165) is 5.69 Å². The zero-order valence-electron chi connectivity index (χ0n) is 13.8.